The Hall–Kier alpha value is -0.700. The van der Waals surface area contributed by atoms with Gasteiger partial charge in [0, 0.05) is 18.9 Å². The third-order valence-electron chi connectivity index (χ3n) is 3.92. The fourth-order valence-corrected chi connectivity index (χ4v) is 7.21. The zero-order valence-electron chi connectivity index (χ0n) is 13.8. The van der Waals surface area contributed by atoms with E-state index in [0.29, 0.717) is 12.8 Å². The molecule has 0 radical (unpaired) electrons. The Kier molecular flexibility index (Phi) is 6.28. The monoisotopic (exact) mass is 459 g/mol. The van der Waals surface area contributed by atoms with Gasteiger partial charge in [0.1, 0.15) is 5.25 Å². The molecule has 0 heterocycles. The highest BCUT2D eigenvalue weighted by Crippen LogP contribution is 2.57. The maximum absolute atomic E-state index is 13.7. The first-order valence-electron chi connectivity index (χ1n) is 7.16. The van der Waals surface area contributed by atoms with Crippen LogP contribution in [0.4, 0.5) is 39.5 Å². The van der Waals surface area contributed by atoms with Crippen LogP contribution in [0.1, 0.15) is 25.7 Å². The normalized spacial score (nSPS) is 22.0. The predicted octanol–water partition coefficient (Wildman–Crippen LogP) is 4.33. The Morgan fingerprint density at radius 1 is 0.889 bits per heavy atom. The SMILES string of the molecule is CS(C)([OH+]S(=O)(=O)C(F)(F)C(F)(F)C(F)(F)C(F)(F)F)C1CCCCC1=O. The van der Waals surface area contributed by atoms with Gasteiger partial charge in [-0.3, -0.25) is 8.42 Å². The summed E-state index contributed by atoms with van der Waals surface area (Å²) in [5.41, 5.74) is 0. The summed E-state index contributed by atoms with van der Waals surface area (Å²) in [7, 11) is -10.1. The molecule has 0 aromatic carbocycles. The van der Waals surface area contributed by atoms with Gasteiger partial charge in [0.2, 0.25) is 0 Å². The molecule has 4 nitrogen and oxygen atoms in total. The third-order valence-corrected chi connectivity index (χ3v) is 9.04. The van der Waals surface area contributed by atoms with Crippen molar-refractivity contribution in [2.24, 2.45) is 0 Å². The predicted molar refractivity (Wildman–Crippen MR) is 79.1 cm³/mol. The number of hydrogen-bond acceptors (Lipinski definition) is 3. The molecule has 0 aliphatic heterocycles. The first kappa shape index (κ1) is 24.3. The Bertz CT molecular complexity index is 685. The van der Waals surface area contributed by atoms with Crippen molar-refractivity contribution < 1.29 is 56.4 Å². The molecule has 1 unspecified atom stereocenters. The number of carbonyl (C=O) groups is 1. The molecule has 1 rings (SSSR count). The maximum Gasteiger partial charge on any atom is 0.486 e. The maximum atomic E-state index is 13.7. The van der Waals surface area contributed by atoms with Crippen LogP contribution >= 0.6 is 10.3 Å². The summed E-state index contributed by atoms with van der Waals surface area (Å²) >= 11 is 0. The molecule has 0 spiro atoms. The molecule has 162 valence electrons. The standard InChI is InChI=1S/C12H15F9O4S2/c1-26(2,8-6-4-3-5-7(8)22)25-27(23,24)12(20,21)10(15,16)9(13,14)11(17,18)19/h8H,3-6H2,1-2H3/p+1. The number of rotatable bonds is 6. The van der Waals surface area contributed by atoms with E-state index < -0.39 is 54.7 Å². The Labute approximate surface area is 150 Å². The second-order valence-electron chi connectivity index (χ2n) is 6.26. The molecule has 1 fully saturated rings. The van der Waals surface area contributed by atoms with Crippen LogP contribution in [-0.2, 0) is 14.9 Å². The molecule has 1 aliphatic carbocycles. The largest absolute Gasteiger partial charge is 0.486 e. The lowest BCUT2D eigenvalue weighted by molar-refractivity contribution is -0.382. The van der Waals surface area contributed by atoms with Gasteiger partial charge in [-0.15, -0.1) is 8.42 Å². The minimum atomic E-state index is -7.34. The summed E-state index contributed by atoms with van der Waals surface area (Å²) in [4.78, 5) is 11.8. The molecular formula is C12H16F9O4S2+. The van der Waals surface area contributed by atoms with Crippen molar-refractivity contribution in [3.63, 3.8) is 0 Å². The van der Waals surface area contributed by atoms with Gasteiger partial charge in [-0.2, -0.15) is 39.5 Å². The van der Waals surface area contributed by atoms with E-state index in [0.717, 1.165) is 12.5 Å². The van der Waals surface area contributed by atoms with E-state index >= 15 is 0 Å². The minimum Gasteiger partial charge on any atom is -0.298 e. The molecule has 1 aliphatic rings. The molecule has 0 aromatic heterocycles. The molecule has 0 bridgehead atoms. The summed E-state index contributed by atoms with van der Waals surface area (Å²) in [5.74, 6) is -15.2. The van der Waals surface area contributed by atoms with Crippen LogP contribution in [-0.4, -0.2) is 58.9 Å². The molecule has 0 aromatic rings. The van der Waals surface area contributed by atoms with E-state index in [-0.39, 0.29) is 12.8 Å². The molecule has 0 amide bonds. The topological polar surface area (TPSA) is 64.0 Å². The van der Waals surface area contributed by atoms with E-state index in [9.17, 15) is 52.7 Å². The number of Topliss-reactive ketones (excluding diaryl/α,β-unsaturated/α-hetero) is 1. The van der Waals surface area contributed by atoms with Crippen LogP contribution in [0.2, 0.25) is 0 Å². The molecule has 1 N–H and O–H groups in total. The smallest absolute Gasteiger partial charge is 0.298 e. The van der Waals surface area contributed by atoms with Crippen molar-refractivity contribution in [3.05, 3.63) is 0 Å². The quantitative estimate of drug-likeness (QED) is 0.338. The fourth-order valence-electron chi connectivity index (χ4n) is 2.44. The highest BCUT2D eigenvalue weighted by atomic mass is 32.3. The molecule has 1 saturated carbocycles. The Morgan fingerprint density at radius 3 is 1.78 bits per heavy atom. The van der Waals surface area contributed by atoms with Crippen LogP contribution < -0.4 is 0 Å². The third kappa shape index (κ3) is 4.04. The molecule has 27 heavy (non-hydrogen) atoms. The molecule has 0 saturated heterocycles. The van der Waals surface area contributed by atoms with Crippen LogP contribution in [0.25, 0.3) is 0 Å². The van der Waals surface area contributed by atoms with Gasteiger partial charge in [-0.1, -0.05) is 6.42 Å². The van der Waals surface area contributed by atoms with Crippen molar-refractivity contribution in [1.29, 1.82) is 0 Å². The summed E-state index contributed by atoms with van der Waals surface area (Å²) in [6.07, 6.45) is -4.60. The number of carbonyl (C=O) groups excluding carboxylic acids is 1. The number of alkyl halides is 9. The lowest BCUT2D eigenvalue weighted by Crippen LogP contribution is -2.63. The first-order valence-corrected chi connectivity index (χ1v) is 11.1. The summed E-state index contributed by atoms with van der Waals surface area (Å²) in [6.45, 7) is 0. The van der Waals surface area contributed by atoms with E-state index in [1.54, 1.807) is 0 Å². The fraction of sp³-hybridized carbons (Fsp3) is 0.917. The van der Waals surface area contributed by atoms with Crippen molar-refractivity contribution >= 4 is 26.2 Å². The average molecular weight is 459 g/mol. The van der Waals surface area contributed by atoms with Gasteiger partial charge in [-0.05, 0) is 23.2 Å². The number of ketones is 1. The first-order chi connectivity index (χ1) is 11.7. The van der Waals surface area contributed by atoms with Gasteiger partial charge in [0.05, 0.1) is 0 Å². The van der Waals surface area contributed by atoms with Crippen LogP contribution in [0.15, 0.2) is 0 Å². The second-order valence-corrected chi connectivity index (χ2v) is 11.6. The highest BCUT2D eigenvalue weighted by Gasteiger charge is 2.87. The molecule has 15 heteroatoms. The van der Waals surface area contributed by atoms with Gasteiger partial charge in [0.15, 0.2) is 5.78 Å². The van der Waals surface area contributed by atoms with Gasteiger partial charge in [0.25, 0.3) is 0 Å². The van der Waals surface area contributed by atoms with Crippen LogP contribution in [0, 0.1) is 0 Å². The van der Waals surface area contributed by atoms with Crippen molar-refractivity contribution in [2.75, 3.05) is 12.5 Å². The number of hydrogen-bond donors (Lipinski definition) is 0. The van der Waals surface area contributed by atoms with Crippen LogP contribution in [0.5, 0.6) is 0 Å². The van der Waals surface area contributed by atoms with Gasteiger partial charge < -0.3 is 0 Å². The highest BCUT2D eigenvalue weighted by molar-refractivity contribution is 8.32. The summed E-state index contributed by atoms with van der Waals surface area (Å²) in [5, 5.41) is -8.07. The van der Waals surface area contributed by atoms with E-state index in [2.05, 4.69) is 3.63 Å². The minimum absolute atomic E-state index is 0.000855. The van der Waals surface area contributed by atoms with Gasteiger partial charge >= 0.3 is 33.4 Å². The summed E-state index contributed by atoms with van der Waals surface area (Å²) < 4.78 is 142. The van der Waals surface area contributed by atoms with Crippen LogP contribution in [0.3, 0.4) is 0 Å². The van der Waals surface area contributed by atoms with Crippen molar-refractivity contribution in [1.82, 2.24) is 0 Å². The lowest BCUT2D eigenvalue weighted by Gasteiger charge is -2.37. The number of halogens is 9. The summed E-state index contributed by atoms with van der Waals surface area (Å²) in [6, 6.07) is 0. The Balaban J connectivity index is 3.30. The van der Waals surface area contributed by atoms with E-state index in [1.165, 1.54) is 0 Å². The van der Waals surface area contributed by atoms with E-state index in [4.69, 9.17) is 0 Å². The average Bonchev–Trinajstić information content (AvgIpc) is 2.44. The Morgan fingerprint density at radius 2 is 1.37 bits per heavy atom. The van der Waals surface area contributed by atoms with Crippen molar-refractivity contribution in [2.45, 2.75) is 54.2 Å². The zero-order valence-corrected chi connectivity index (χ0v) is 15.4. The molecular weight excluding hydrogens is 443 g/mol. The van der Waals surface area contributed by atoms with E-state index in [1.807, 2.05) is 0 Å². The second kappa shape index (κ2) is 6.97. The van der Waals surface area contributed by atoms with Crippen molar-refractivity contribution in [3.8, 4) is 0 Å². The zero-order chi connectivity index (χ0) is 21.7. The van der Waals surface area contributed by atoms with Gasteiger partial charge in [-0.25, -0.2) is 0 Å². The lowest BCUT2D eigenvalue weighted by atomic mass is 9.99. The molecule has 1 atom stereocenters.